The molecule has 0 radical (unpaired) electrons. The van der Waals surface area contributed by atoms with Crippen LogP contribution in [0.3, 0.4) is 0 Å². The minimum absolute atomic E-state index is 0.274. The van der Waals surface area contributed by atoms with Crippen LogP contribution in [0.25, 0.3) is 11.5 Å². The van der Waals surface area contributed by atoms with Crippen LogP contribution >= 0.6 is 15.9 Å². The first-order valence-corrected chi connectivity index (χ1v) is 9.45. The fourth-order valence-electron chi connectivity index (χ4n) is 3.39. The summed E-state index contributed by atoms with van der Waals surface area (Å²) >= 11 is 3.54. The van der Waals surface area contributed by atoms with Crippen molar-refractivity contribution in [3.8, 4) is 11.5 Å². The molecule has 2 aromatic heterocycles. The summed E-state index contributed by atoms with van der Waals surface area (Å²) in [6, 6.07) is 12.2. The SMILES string of the molecule is Brc1ccccc1-c1nnc(CN2CCCCCC2c2ccco2)o1. The van der Waals surface area contributed by atoms with Crippen molar-refractivity contribution in [3.05, 3.63) is 58.8 Å². The molecule has 1 fully saturated rings. The molecule has 3 aromatic rings. The molecule has 1 aliphatic heterocycles. The van der Waals surface area contributed by atoms with E-state index < -0.39 is 0 Å². The van der Waals surface area contributed by atoms with Crippen LogP contribution in [0, 0.1) is 0 Å². The monoisotopic (exact) mass is 401 g/mol. The molecule has 25 heavy (non-hydrogen) atoms. The minimum atomic E-state index is 0.274. The van der Waals surface area contributed by atoms with Gasteiger partial charge >= 0.3 is 0 Å². The van der Waals surface area contributed by atoms with Gasteiger partial charge in [-0.25, -0.2) is 0 Å². The topological polar surface area (TPSA) is 55.3 Å². The average molecular weight is 402 g/mol. The number of halogens is 1. The fraction of sp³-hybridized carbons (Fsp3) is 0.368. The van der Waals surface area contributed by atoms with Crippen LogP contribution in [-0.2, 0) is 6.54 Å². The summed E-state index contributed by atoms with van der Waals surface area (Å²) in [7, 11) is 0. The molecule has 0 saturated carbocycles. The third-order valence-electron chi connectivity index (χ3n) is 4.64. The Morgan fingerprint density at radius 3 is 2.84 bits per heavy atom. The summed E-state index contributed by atoms with van der Waals surface area (Å²) in [6.07, 6.45) is 6.49. The van der Waals surface area contributed by atoms with Gasteiger partial charge in [0.05, 0.1) is 24.4 Å². The lowest BCUT2D eigenvalue weighted by molar-refractivity contribution is 0.155. The smallest absolute Gasteiger partial charge is 0.248 e. The maximum absolute atomic E-state index is 5.94. The van der Waals surface area contributed by atoms with Crippen LogP contribution in [0.2, 0.25) is 0 Å². The molecule has 130 valence electrons. The van der Waals surface area contributed by atoms with Crippen molar-refractivity contribution in [3.63, 3.8) is 0 Å². The molecule has 0 amide bonds. The van der Waals surface area contributed by atoms with E-state index in [1.54, 1.807) is 6.26 Å². The predicted molar refractivity (Wildman–Crippen MR) is 97.8 cm³/mol. The highest BCUT2D eigenvalue weighted by Gasteiger charge is 2.26. The highest BCUT2D eigenvalue weighted by molar-refractivity contribution is 9.10. The molecule has 5 nitrogen and oxygen atoms in total. The normalized spacial score (nSPS) is 19.0. The number of hydrogen-bond donors (Lipinski definition) is 0. The molecule has 0 bridgehead atoms. The van der Waals surface area contributed by atoms with Crippen LogP contribution in [0.4, 0.5) is 0 Å². The Balaban J connectivity index is 1.55. The Kier molecular flexibility index (Phi) is 4.99. The molecule has 1 saturated heterocycles. The first-order valence-electron chi connectivity index (χ1n) is 8.66. The van der Waals surface area contributed by atoms with Gasteiger partial charge in [0, 0.05) is 4.47 Å². The van der Waals surface area contributed by atoms with Gasteiger partial charge in [-0.2, -0.15) is 0 Å². The van der Waals surface area contributed by atoms with Gasteiger partial charge in [0.25, 0.3) is 0 Å². The van der Waals surface area contributed by atoms with Gasteiger partial charge < -0.3 is 8.83 Å². The highest BCUT2D eigenvalue weighted by Crippen LogP contribution is 2.32. The van der Waals surface area contributed by atoms with Gasteiger partial charge in [0.15, 0.2) is 0 Å². The molecule has 6 heteroatoms. The second kappa shape index (κ2) is 7.54. The van der Waals surface area contributed by atoms with Crippen molar-refractivity contribution < 1.29 is 8.83 Å². The van der Waals surface area contributed by atoms with E-state index in [4.69, 9.17) is 8.83 Å². The Labute approximate surface area is 155 Å². The van der Waals surface area contributed by atoms with E-state index in [-0.39, 0.29) is 6.04 Å². The lowest BCUT2D eigenvalue weighted by Crippen LogP contribution is -2.28. The van der Waals surface area contributed by atoms with Crippen LogP contribution in [0.1, 0.15) is 43.4 Å². The summed E-state index contributed by atoms with van der Waals surface area (Å²) in [6.45, 7) is 1.65. The first-order chi connectivity index (χ1) is 12.3. The summed E-state index contributed by atoms with van der Waals surface area (Å²) in [5.41, 5.74) is 0.916. The number of nitrogens with zero attached hydrogens (tertiary/aromatic N) is 3. The number of aromatic nitrogens is 2. The zero-order valence-corrected chi connectivity index (χ0v) is 15.5. The van der Waals surface area contributed by atoms with Gasteiger partial charge in [-0.1, -0.05) is 25.0 Å². The van der Waals surface area contributed by atoms with E-state index in [2.05, 4.69) is 37.1 Å². The lowest BCUT2D eigenvalue weighted by Gasteiger charge is -2.26. The third-order valence-corrected chi connectivity index (χ3v) is 5.34. The molecule has 1 atom stereocenters. The molecule has 0 aliphatic carbocycles. The Morgan fingerprint density at radius 1 is 1.08 bits per heavy atom. The van der Waals surface area contributed by atoms with E-state index in [1.807, 2.05) is 30.3 Å². The molecule has 1 unspecified atom stereocenters. The zero-order chi connectivity index (χ0) is 17.1. The number of benzene rings is 1. The van der Waals surface area contributed by atoms with E-state index >= 15 is 0 Å². The summed E-state index contributed by atoms with van der Waals surface area (Å²) < 4.78 is 12.6. The van der Waals surface area contributed by atoms with E-state index in [1.165, 1.54) is 19.3 Å². The second-order valence-corrected chi connectivity index (χ2v) is 7.19. The molecule has 4 rings (SSSR count). The van der Waals surface area contributed by atoms with Gasteiger partial charge in [-0.05, 0) is 59.6 Å². The average Bonchev–Trinajstić information content (AvgIpc) is 3.25. The van der Waals surface area contributed by atoms with Crippen LogP contribution in [0.15, 0.2) is 56.0 Å². The Bertz CT molecular complexity index is 816. The zero-order valence-electron chi connectivity index (χ0n) is 13.9. The van der Waals surface area contributed by atoms with Crippen LogP contribution in [-0.4, -0.2) is 21.6 Å². The number of likely N-dealkylation sites (tertiary alicyclic amines) is 1. The quantitative estimate of drug-likeness (QED) is 0.600. The van der Waals surface area contributed by atoms with E-state index in [0.29, 0.717) is 18.3 Å². The Hall–Kier alpha value is -1.92. The summed E-state index contributed by atoms with van der Waals surface area (Å²) in [5.74, 6) is 2.21. The fourth-order valence-corrected chi connectivity index (χ4v) is 3.85. The largest absolute Gasteiger partial charge is 0.468 e. The van der Waals surface area contributed by atoms with Crippen LogP contribution in [0.5, 0.6) is 0 Å². The maximum Gasteiger partial charge on any atom is 0.248 e. The second-order valence-electron chi connectivity index (χ2n) is 6.33. The summed E-state index contributed by atoms with van der Waals surface area (Å²) in [5, 5.41) is 8.49. The molecule has 3 heterocycles. The maximum atomic E-state index is 5.94. The van der Waals surface area contributed by atoms with E-state index in [0.717, 1.165) is 28.8 Å². The molecular weight excluding hydrogens is 382 g/mol. The molecule has 1 aliphatic rings. The molecule has 0 spiro atoms. The number of furan rings is 1. The van der Waals surface area contributed by atoms with Crippen molar-refractivity contribution in [2.45, 2.75) is 38.3 Å². The first kappa shape index (κ1) is 16.5. The number of rotatable bonds is 4. The summed E-state index contributed by atoms with van der Waals surface area (Å²) in [4.78, 5) is 2.39. The predicted octanol–water partition coefficient (Wildman–Crippen LogP) is 5.21. The van der Waals surface area contributed by atoms with Gasteiger partial charge in [-0.3, -0.25) is 4.90 Å². The van der Waals surface area contributed by atoms with Crippen molar-refractivity contribution in [2.75, 3.05) is 6.54 Å². The van der Waals surface area contributed by atoms with Crippen molar-refractivity contribution in [1.29, 1.82) is 0 Å². The minimum Gasteiger partial charge on any atom is -0.468 e. The van der Waals surface area contributed by atoms with E-state index in [9.17, 15) is 0 Å². The van der Waals surface area contributed by atoms with Gasteiger partial charge in [-0.15, -0.1) is 10.2 Å². The van der Waals surface area contributed by atoms with Crippen LogP contribution < -0.4 is 0 Å². The highest BCUT2D eigenvalue weighted by atomic mass is 79.9. The lowest BCUT2D eigenvalue weighted by atomic mass is 10.1. The van der Waals surface area contributed by atoms with Crippen molar-refractivity contribution >= 4 is 15.9 Å². The molecular formula is C19H20BrN3O2. The third kappa shape index (κ3) is 3.70. The Morgan fingerprint density at radius 2 is 2.00 bits per heavy atom. The standard InChI is InChI=1S/C19H20BrN3O2/c20-15-8-4-3-7-14(15)19-22-21-18(25-19)13-23-11-5-1-2-9-16(23)17-10-6-12-24-17/h3-4,6-8,10,12,16H,1-2,5,9,11,13H2. The van der Waals surface area contributed by atoms with Gasteiger partial charge in [0.1, 0.15) is 5.76 Å². The van der Waals surface area contributed by atoms with Crippen molar-refractivity contribution in [1.82, 2.24) is 15.1 Å². The van der Waals surface area contributed by atoms with Gasteiger partial charge in [0.2, 0.25) is 11.8 Å². The van der Waals surface area contributed by atoms with Crippen molar-refractivity contribution in [2.24, 2.45) is 0 Å². The number of hydrogen-bond acceptors (Lipinski definition) is 5. The molecule has 0 N–H and O–H groups in total. The molecule has 1 aromatic carbocycles.